The second-order valence-corrected chi connectivity index (χ2v) is 7.62. The van der Waals surface area contributed by atoms with Gasteiger partial charge in [0.1, 0.15) is 11.8 Å². The minimum Gasteiger partial charge on any atom is -0.240 e. The molecule has 0 atom stereocenters. The fourth-order valence-electron chi connectivity index (χ4n) is 2.86. The number of para-hydroxylation sites is 1. The van der Waals surface area contributed by atoms with Crippen molar-refractivity contribution in [2.75, 3.05) is 0 Å². The molecule has 128 valence electrons. The van der Waals surface area contributed by atoms with E-state index in [1.54, 1.807) is 48.5 Å². The smallest absolute Gasteiger partial charge is 0.240 e. The minimum absolute atomic E-state index is 0.112. The number of hydrogen-bond acceptors (Lipinski definition) is 5. The maximum Gasteiger partial charge on any atom is 0.268 e. The van der Waals surface area contributed by atoms with Crippen LogP contribution in [-0.2, 0) is 10.0 Å². The predicted octanol–water partition coefficient (Wildman–Crippen LogP) is 2.84. The number of aromatic nitrogens is 4. The molecular weight excluding hydrogens is 350 g/mol. The van der Waals surface area contributed by atoms with E-state index in [-0.39, 0.29) is 10.6 Å². The van der Waals surface area contributed by atoms with Crippen molar-refractivity contribution in [1.82, 2.24) is 19.4 Å². The zero-order valence-electron chi connectivity index (χ0n) is 13.7. The molecule has 0 unspecified atom stereocenters. The van der Waals surface area contributed by atoms with Gasteiger partial charge in [0.2, 0.25) is 0 Å². The van der Waals surface area contributed by atoms with E-state index in [0.717, 1.165) is 5.56 Å². The van der Waals surface area contributed by atoms with Crippen molar-refractivity contribution >= 4 is 20.9 Å². The molecule has 1 N–H and O–H groups in total. The number of benzene rings is 2. The van der Waals surface area contributed by atoms with E-state index in [1.807, 2.05) is 13.0 Å². The normalized spacial score (nSPS) is 11.5. The lowest BCUT2D eigenvalue weighted by Gasteiger charge is -2.07. The summed E-state index contributed by atoms with van der Waals surface area (Å²) < 4.78 is 27.5. The highest BCUT2D eigenvalue weighted by atomic mass is 32.2. The first-order valence-electron chi connectivity index (χ1n) is 7.76. The van der Waals surface area contributed by atoms with Crippen LogP contribution < -0.4 is 0 Å². The van der Waals surface area contributed by atoms with Crippen LogP contribution in [0.25, 0.3) is 22.2 Å². The third kappa shape index (κ3) is 2.37. The molecule has 0 bridgehead atoms. The molecule has 0 amide bonds. The molecule has 0 radical (unpaired) electrons. The number of fused-ring (bicyclic) bond motifs is 1. The summed E-state index contributed by atoms with van der Waals surface area (Å²) >= 11 is 0. The third-order valence-electron chi connectivity index (χ3n) is 4.16. The number of nitrogens with one attached hydrogen (secondary N) is 1. The predicted molar refractivity (Wildman–Crippen MR) is 95.8 cm³/mol. The third-order valence-corrected chi connectivity index (χ3v) is 5.85. The van der Waals surface area contributed by atoms with Crippen molar-refractivity contribution < 1.29 is 8.42 Å². The lowest BCUT2D eigenvalue weighted by molar-refractivity contribution is 0.589. The first-order chi connectivity index (χ1) is 12.5. The average Bonchev–Trinajstić information content (AvgIpc) is 3.26. The Kier molecular flexibility index (Phi) is 3.60. The maximum absolute atomic E-state index is 13.2. The van der Waals surface area contributed by atoms with Crippen LogP contribution in [0.5, 0.6) is 0 Å². The Morgan fingerprint density at radius 1 is 1.08 bits per heavy atom. The fraction of sp³-hybridized carbons (Fsp3) is 0.0556. The maximum atomic E-state index is 13.2. The molecule has 26 heavy (non-hydrogen) atoms. The largest absolute Gasteiger partial charge is 0.268 e. The molecule has 0 fully saturated rings. The second-order valence-electron chi connectivity index (χ2n) is 5.81. The summed E-state index contributed by atoms with van der Waals surface area (Å²) in [6, 6.07) is 15.7. The van der Waals surface area contributed by atoms with Gasteiger partial charge in [0.25, 0.3) is 10.0 Å². The van der Waals surface area contributed by atoms with Crippen LogP contribution in [0.4, 0.5) is 0 Å². The number of nitriles is 1. The molecular formula is C18H13N5O2S. The number of aryl methyl sites for hydroxylation is 1. The molecule has 2 aromatic heterocycles. The Bertz CT molecular complexity index is 1260. The van der Waals surface area contributed by atoms with Gasteiger partial charge in [-0.05, 0) is 25.1 Å². The SMILES string of the molecule is Cc1ccc(S(=O)(=O)n2cc(-c3n[nH]nc3C#N)c3ccccc32)cc1. The average molecular weight is 363 g/mol. The highest BCUT2D eigenvalue weighted by molar-refractivity contribution is 7.90. The zero-order valence-corrected chi connectivity index (χ0v) is 14.5. The topological polar surface area (TPSA) is 104 Å². The van der Waals surface area contributed by atoms with Gasteiger partial charge in [0, 0.05) is 17.1 Å². The van der Waals surface area contributed by atoms with Gasteiger partial charge in [-0.1, -0.05) is 35.9 Å². The first kappa shape index (κ1) is 16.1. The summed E-state index contributed by atoms with van der Waals surface area (Å²) in [7, 11) is -3.80. The second kappa shape index (κ2) is 5.82. The van der Waals surface area contributed by atoms with Gasteiger partial charge in [0.05, 0.1) is 10.4 Å². The van der Waals surface area contributed by atoms with Crippen molar-refractivity contribution in [3.8, 4) is 17.3 Å². The molecule has 8 heteroatoms. The monoisotopic (exact) mass is 363 g/mol. The number of H-pyrrole nitrogens is 1. The van der Waals surface area contributed by atoms with E-state index in [2.05, 4.69) is 15.4 Å². The molecule has 7 nitrogen and oxygen atoms in total. The van der Waals surface area contributed by atoms with Crippen LogP contribution in [0.2, 0.25) is 0 Å². The first-order valence-corrected chi connectivity index (χ1v) is 9.20. The molecule has 0 aliphatic rings. The van der Waals surface area contributed by atoms with Crippen molar-refractivity contribution in [3.63, 3.8) is 0 Å². The fourth-order valence-corrected chi connectivity index (χ4v) is 4.23. The molecule has 0 saturated carbocycles. The molecule has 2 heterocycles. The Balaban J connectivity index is 2.00. The summed E-state index contributed by atoms with van der Waals surface area (Å²) in [6.07, 6.45) is 1.48. The van der Waals surface area contributed by atoms with E-state index in [9.17, 15) is 13.7 Å². The highest BCUT2D eigenvalue weighted by Crippen LogP contribution is 2.32. The molecule has 4 rings (SSSR count). The van der Waals surface area contributed by atoms with Gasteiger partial charge in [-0.2, -0.15) is 15.6 Å². The van der Waals surface area contributed by atoms with Crippen molar-refractivity contribution in [3.05, 3.63) is 66.0 Å². The Morgan fingerprint density at radius 3 is 2.54 bits per heavy atom. The quantitative estimate of drug-likeness (QED) is 0.603. The van der Waals surface area contributed by atoms with E-state index in [1.165, 1.54) is 10.2 Å². The van der Waals surface area contributed by atoms with Gasteiger partial charge < -0.3 is 0 Å². The zero-order chi connectivity index (χ0) is 18.3. The summed E-state index contributed by atoms with van der Waals surface area (Å²) in [4.78, 5) is 0.191. The lowest BCUT2D eigenvalue weighted by atomic mass is 10.1. The van der Waals surface area contributed by atoms with E-state index in [4.69, 9.17) is 0 Å². The van der Waals surface area contributed by atoms with E-state index < -0.39 is 10.0 Å². The molecule has 0 spiro atoms. The highest BCUT2D eigenvalue weighted by Gasteiger charge is 2.23. The Hall–Kier alpha value is -3.44. The number of nitrogens with zero attached hydrogens (tertiary/aromatic N) is 4. The Labute approximate surface area is 149 Å². The molecule has 4 aromatic rings. The standard InChI is InChI=1S/C18H13N5O2S/c1-12-6-8-13(9-7-12)26(24,25)23-11-15(14-4-2-3-5-17(14)23)18-16(10-19)20-22-21-18/h2-9,11H,1H3,(H,20,21,22). The summed E-state index contributed by atoms with van der Waals surface area (Å²) in [5.74, 6) is 0. The van der Waals surface area contributed by atoms with Crippen LogP contribution >= 0.6 is 0 Å². The van der Waals surface area contributed by atoms with Crippen LogP contribution in [0.15, 0.2) is 59.6 Å². The number of aromatic amines is 1. The van der Waals surface area contributed by atoms with E-state index in [0.29, 0.717) is 22.2 Å². The van der Waals surface area contributed by atoms with Gasteiger partial charge in [0.15, 0.2) is 5.69 Å². The van der Waals surface area contributed by atoms with Crippen LogP contribution in [0.3, 0.4) is 0 Å². The van der Waals surface area contributed by atoms with Gasteiger partial charge in [-0.3, -0.25) is 0 Å². The lowest BCUT2D eigenvalue weighted by Crippen LogP contribution is -2.11. The van der Waals surface area contributed by atoms with Gasteiger partial charge in [-0.25, -0.2) is 12.4 Å². The summed E-state index contributed by atoms with van der Waals surface area (Å²) in [5.41, 5.74) is 2.45. The molecule has 0 aliphatic carbocycles. The Morgan fingerprint density at radius 2 is 1.81 bits per heavy atom. The molecule has 2 aromatic carbocycles. The number of hydrogen-bond donors (Lipinski definition) is 1. The minimum atomic E-state index is -3.80. The molecule has 0 aliphatic heterocycles. The van der Waals surface area contributed by atoms with Crippen LogP contribution in [-0.4, -0.2) is 27.8 Å². The van der Waals surface area contributed by atoms with Crippen LogP contribution in [0.1, 0.15) is 11.3 Å². The van der Waals surface area contributed by atoms with Crippen molar-refractivity contribution in [2.45, 2.75) is 11.8 Å². The molecule has 0 saturated heterocycles. The van der Waals surface area contributed by atoms with Gasteiger partial charge in [-0.15, -0.1) is 5.10 Å². The summed E-state index contributed by atoms with van der Waals surface area (Å²) in [5, 5.41) is 20.1. The van der Waals surface area contributed by atoms with Crippen LogP contribution in [0, 0.1) is 18.3 Å². The van der Waals surface area contributed by atoms with Crippen molar-refractivity contribution in [1.29, 1.82) is 5.26 Å². The van der Waals surface area contributed by atoms with Gasteiger partial charge >= 0.3 is 0 Å². The summed E-state index contributed by atoms with van der Waals surface area (Å²) in [6.45, 7) is 1.90. The van der Waals surface area contributed by atoms with Crippen molar-refractivity contribution in [2.24, 2.45) is 0 Å². The van der Waals surface area contributed by atoms with E-state index >= 15 is 0 Å². The number of rotatable bonds is 3.